The molecule has 0 bridgehead atoms. The van der Waals surface area contributed by atoms with E-state index in [2.05, 4.69) is 4.90 Å². The molecule has 2 aliphatic rings. The third-order valence-corrected chi connectivity index (χ3v) is 6.00. The van der Waals surface area contributed by atoms with Crippen LogP contribution in [0.5, 0.6) is 0 Å². The normalized spacial score (nSPS) is 21.6. The van der Waals surface area contributed by atoms with E-state index in [0.717, 1.165) is 44.4 Å². The predicted octanol–water partition coefficient (Wildman–Crippen LogP) is 2.59. The number of aromatic nitrogens is 1. The molecule has 0 N–H and O–H groups in total. The van der Waals surface area contributed by atoms with Gasteiger partial charge in [-0.25, -0.2) is 14.7 Å². The molecule has 4 amide bonds. The molecule has 4 rings (SSSR count). The van der Waals surface area contributed by atoms with Gasteiger partial charge in [0.1, 0.15) is 5.01 Å². The van der Waals surface area contributed by atoms with Crippen molar-refractivity contribution in [2.24, 2.45) is 0 Å². The number of hydrogen-bond donors (Lipinski definition) is 0. The predicted molar refractivity (Wildman–Crippen MR) is 97.4 cm³/mol. The molecule has 8 heteroatoms. The van der Waals surface area contributed by atoms with Gasteiger partial charge in [0.05, 0.1) is 22.9 Å². The van der Waals surface area contributed by atoms with Gasteiger partial charge in [0.2, 0.25) is 0 Å². The zero-order valence-electron chi connectivity index (χ0n) is 14.6. The van der Waals surface area contributed by atoms with Crippen LogP contribution in [0.2, 0.25) is 0 Å². The summed E-state index contributed by atoms with van der Waals surface area (Å²) in [7, 11) is 0. The van der Waals surface area contributed by atoms with E-state index in [1.165, 1.54) is 0 Å². The minimum atomic E-state index is -0.724. The minimum absolute atomic E-state index is 0.0725. The highest BCUT2D eigenvalue weighted by atomic mass is 32.1. The van der Waals surface area contributed by atoms with Crippen LogP contribution in [0.1, 0.15) is 37.2 Å². The van der Waals surface area contributed by atoms with Gasteiger partial charge in [-0.1, -0.05) is 19.1 Å². The molecule has 2 aromatic rings. The number of hydrogen-bond acceptors (Lipinski definition) is 6. The molecule has 1 atom stereocenters. The summed E-state index contributed by atoms with van der Waals surface area (Å²) in [5, 5.41) is 1.000. The molecule has 0 spiro atoms. The Balaban J connectivity index is 1.55. The zero-order valence-corrected chi connectivity index (χ0v) is 15.4. The highest BCUT2D eigenvalue weighted by molar-refractivity contribution is 7.18. The number of likely N-dealkylation sites (tertiary alicyclic amines) is 1. The lowest BCUT2D eigenvalue weighted by Gasteiger charge is -2.26. The fourth-order valence-electron chi connectivity index (χ4n) is 3.59. The first kappa shape index (κ1) is 17.1. The second-order valence-electron chi connectivity index (χ2n) is 6.60. The molecular formula is C18H20N4O3S. The summed E-state index contributed by atoms with van der Waals surface area (Å²) in [6, 6.07) is 7.56. The van der Waals surface area contributed by atoms with E-state index in [1.54, 1.807) is 11.3 Å². The van der Waals surface area contributed by atoms with Crippen LogP contribution in [-0.2, 0) is 9.59 Å². The van der Waals surface area contributed by atoms with Gasteiger partial charge in [0.25, 0.3) is 0 Å². The molecule has 0 aliphatic carbocycles. The van der Waals surface area contributed by atoms with Crippen molar-refractivity contribution in [3.63, 3.8) is 0 Å². The highest BCUT2D eigenvalue weighted by Gasteiger charge is 2.45. The lowest BCUT2D eigenvalue weighted by atomic mass is 10.2. The molecule has 1 aromatic carbocycles. The molecule has 0 unspecified atom stereocenters. The summed E-state index contributed by atoms with van der Waals surface area (Å²) in [6.07, 6.45) is 2.54. The number of fused-ring (bicyclic) bond motifs is 1. The Hall–Kier alpha value is -2.32. The second kappa shape index (κ2) is 6.77. The van der Waals surface area contributed by atoms with Gasteiger partial charge in [-0.15, -0.1) is 11.3 Å². The van der Waals surface area contributed by atoms with E-state index in [-0.39, 0.29) is 19.3 Å². The number of benzene rings is 1. The highest BCUT2D eigenvalue weighted by Crippen LogP contribution is 2.36. The van der Waals surface area contributed by atoms with Crippen molar-refractivity contribution >= 4 is 39.4 Å². The molecule has 1 aromatic heterocycles. The van der Waals surface area contributed by atoms with Gasteiger partial charge in [0, 0.05) is 13.1 Å². The van der Waals surface area contributed by atoms with E-state index < -0.39 is 17.8 Å². The molecule has 3 heterocycles. The fourth-order valence-corrected chi connectivity index (χ4v) is 4.72. The molecule has 2 fully saturated rings. The second-order valence-corrected chi connectivity index (χ2v) is 7.67. The third-order valence-electron chi connectivity index (χ3n) is 4.86. The average Bonchev–Trinajstić information content (AvgIpc) is 3.32. The molecule has 0 radical (unpaired) electrons. The van der Waals surface area contributed by atoms with Crippen molar-refractivity contribution in [2.75, 3.05) is 19.8 Å². The summed E-state index contributed by atoms with van der Waals surface area (Å²) < 4.78 is 1.13. The van der Waals surface area contributed by atoms with Crippen molar-refractivity contribution in [3.05, 3.63) is 29.3 Å². The monoisotopic (exact) mass is 372 g/mol. The Morgan fingerprint density at radius 3 is 2.69 bits per heavy atom. The maximum atomic E-state index is 12.5. The van der Waals surface area contributed by atoms with Crippen LogP contribution in [-0.4, -0.2) is 57.3 Å². The third kappa shape index (κ3) is 2.79. The van der Waals surface area contributed by atoms with Crippen LogP contribution in [0.25, 0.3) is 10.2 Å². The summed E-state index contributed by atoms with van der Waals surface area (Å²) in [6.45, 7) is 3.07. The maximum absolute atomic E-state index is 12.5. The number of urea groups is 1. The molecule has 0 saturated carbocycles. The molecule has 136 valence electrons. The Labute approximate surface area is 155 Å². The standard InChI is InChI=1S/C18H20N4O3S/c1-2-9-21-16(23)17(24)22(18(21)25)11-20-10-5-7-13(20)15-19-12-6-3-4-8-14(12)26-15/h3-4,6,8,13H,2,5,7,9-11H2,1H3/t13-/m1/s1. The van der Waals surface area contributed by atoms with E-state index in [1.807, 2.05) is 31.2 Å². The van der Waals surface area contributed by atoms with E-state index in [4.69, 9.17) is 4.98 Å². The number of thiazole rings is 1. The van der Waals surface area contributed by atoms with Crippen LogP contribution in [0.3, 0.4) is 0 Å². The molecule has 26 heavy (non-hydrogen) atoms. The number of carbonyl (C=O) groups excluding carboxylic acids is 3. The number of para-hydroxylation sites is 1. The lowest BCUT2D eigenvalue weighted by Crippen LogP contribution is -2.42. The van der Waals surface area contributed by atoms with E-state index in [0.29, 0.717) is 6.42 Å². The van der Waals surface area contributed by atoms with Gasteiger partial charge in [-0.2, -0.15) is 0 Å². The minimum Gasteiger partial charge on any atom is -0.276 e. The van der Waals surface area contributed by atoms with Crippen molar-refractivity contribution in [1.82, 2.24) is 19.7 Å². The Bertz CT molecular complexity index is 847. The van der Waals surface area contributed by atoms with Gasteiger partial charge >= 0.3 is 17.8 Å². The maximum Gasteiger partial charge on any atom is 0.335 e. The Kier molecular flexibility index (Phi) is 4.46. The smallest absolute Gasteiger partial charge is 0.276 e. The summed E-state index contributed by atoms with van der Waals surface area (Å²) >= 11 is 1.65. The quantitative estimate of drug-likeness (QED) is 0.596. The largest absolute Gasteiger partial charge is 0.335 e. The van der Waals surface area contributed by atoms with Gasteiger partial charge in [0.15, 0.2) is 0 Å². The van der Waals surface area contributed by atoms with Crippen molar-refractivity contribution in [2.45, 2.75) is 32.2 Å². The van der Waals surface area contributed by atoms with Crippen molar-refractivity contribution in [3.8, 4) is 0 Å². The van der Waals surface area contributed by atoms with Crippen LogP contribution in [0.15, 0.2) is 24.3 Å². The summed E-state index contributed by atoms with van der Waals surface area (Å²) in [4.78, 5) is 45.7. The van der Waals surface area contributed by atoms with Gasteiger partial charge in [-0.05, 0) is 31.4 Å². The first-order valence-corrected chi connectivity index (χ1v) is 9.68. The van der Waals surface area contributed by atoms with Gasteiger partial charge < -0.3 is 0 Å². The van der Waals surface area contributed by atoms with Crippen molar-refractivity contribution in [1.29, 1.82) is 0 Å². The number of rotatable bonds is 5. The zero-order chi connectivity index (χ0) is 18.3. The van der Waals surface area contributed by atoms with E-state index in [9.17, 15) is 14.4 Å². The first-order valence-electron chi connectivity index (χ1n) is 8.87. The summed E-state index contributed by atoms with van der Waals surface area (Å²) in [5.41, 5.74) is 0.969. The molecule has 2 aliphatic heterocycles. The lowest BCUT2D eigenvalue weighted by molar-refractivity contribution is -0.144. The number of imide groups is 2. The Morgan fingerprint density at radius 2 is 1.92 bits per heavy atom. The van der Waals surface area contributed by atoms with Crippen LogP contribution in [0.4, 0.5) is 4.79 Å². The van der Waals surface area contributed by atoms with Crippen LogP contribution < -0.4 is 0 Å². The number of amides is 4. The number of carbonyl (C=O) groups is 3. The fraction of sp³-hybridized carbons (Fsp3) is 0.444. The first-order chi connectivity index (χ1) is 12.6. The molecular weight excluding hydrogens is 352 g/mol. The topological polar surface area (TPSA) is 73.8 Å². The van der Waals surface area contributed by atoms with Crippen LogP contribution in [0, 0.1) is 0 Å². The van der Waals surface area contributed by atoms with Crippen molar-refractivity contribution < 1.29 is 14.4 Å². The average molecular weight is 372 g/mol. The Morgan fingerprint density at radius 1 is 1.15 bits per heavy atom. The van der Waals surface area contributed by atoms with Crippen LogP contribution >= 0.6 is 11.3 Å². The SMILES string of the molecule is CCCN1C(=O)C(=O)N(CN2CCC[C@@H]2c2nc3ccccc3s2)C1=O. The van der Waals surface area contributed by atoms with Gasteiger partial charge in [-0.3, -0.25) is 19.4 Å². The van der Waals surface area contributed by atoms with E-state index >= 15 is 0 Å². The summed E-state index contributed by atoms with van der Waals surface area (Å²) in [5.74, 6) is -1.44. The molecule has 7 nitrogen and oxygen atoms in total. The molecule has 2 saturated heterocycles. The number of nitrogens with zero attached hydrogens (tertiary/aromatic N) is 4.